The first-order chi connectivity index (χ1) is 9.28. The van der Waals surface area contributed by atoms with E-state index in [9.17, 15) is 0 Å². The summed E-state index contributed by atoms with van der Waals surface area (Å²) in [6.45, 7) is 6.19. The standard InChI is InChI=1S/C13H19N5O/c1-3-5-12-15-13(19-16-12)10(2)17-8-11(9-17)18-7-4-6-14-18/h4,6-7,10-11H,3,5,8-9H2,1-2H3/t10-/m0/s1. The Bertz CT molecular complexity index is 515. The molecule has 1 fully saturated rings. The van der Waals surface area contributed by atoms with Gasteiger partial charge in [0.05, 0.1) is 12.1 Å². The molecule has 2 aromatic rings. The normalized spacial score (nSPS) is 18.4. The highest BCUT2D eigenvalue weighted by Crippen LogP contribution is 2.29. The van der Waals surface area contributed by atoms with Crippen molar-refractivity contribution in [2.75, 3.05) is 13.1 Å². The first-order valence-corrected chi connectivity index (χ1v) is 6.83. The van der Waals surface area contributed by atoms with Crippen molar-refractivity contribution in [3.63, 3.8) is 0 Å². The minimum atomic E-state index is 0.185. The van der Waals surface area contributed by atoms with E-state index in [1.807, 2.05) is 23.1 Å². The lowest BCUT2D eigenvalue weighted by molar-refractivity contribution is 0.0456. The van der Waals surface area contributed by atoms with Crippen LogP contribution >= 0.6 is 0 Å². The lowest BCUT2D eigenvalue weighted by Crippen LogP contribution is -2.48. The number of aryl methyl sites for hydroxylation is 1. The van der Waals surface area contributed by atoms with Crippen molar-refractivity contribution in [1.82, 2.24) is 24.8 Å². The lowest BCUT2D eigenvalue weighted by atomic mass is 10.1. The Morgan fingerprint density at radius 3 is 3.00 bits per heavy atom. The fraction of sp³-hybridized carbons (Fsp3) is 0.615. The van der Waals surface area contributed by atoms with Crippen LogP contribution in [-0.4, -0.2) is 37.9 Å². The van der Waals surface area contributed by atoms with Crippen molar-refractivity contribution < 1.29 is 4.52 Å². The number of aromatic nitrogens is 4. The Morgan fingerprint density at radius 2 is 2.32 bits per heavy atom. The summed E-state index contributed by atoms with van der Waals surface area (Å²) in [5, 5.41) is 8.28. The van der Waals surface area contributed by atoms with Crippen LogP contribution in [0.3, 0.4) is 0 Å². The summed E-state index contributed by atoms with van der Waals surface area (Å²) in [5.41, 5.74) is 0. The highest BCUT2D eigenvalue weighted by Gasteiger charge is 2.34. The summed E-state index contributed by atoms with van der Waals surface area (Å²) in [5.74, 6) is 1.54. The number of hydrogen-bond donors (Lipinski definition) is 0. The van der Waals surface area contributed by atoms with Crippen LogP contribution in [0.1, 0.15) is 44.1 Å². The van der Waals surface area contributed by atoms with Gasteiger partial charge in [-0.3, -0.25) is 9.58 Å². The van der Waals surface area contributed by atoms with Crippen LogP contribution in [0.25, 0.3) is 0 Å². The van der Waals surface area contributed by atoms with Crippen molar-refractivity contribution in [1.29, 1.82) is 0 Å². The molecule has 0 aliphatic carbocycles. The van der Waals surface area contributed by atoms with Gasteiger partial charge in [-0.1, -0.05) is 12.1 Å². The van der Waals surface area contributed by atoms with Gasteiger partial charge in [0.15, 0.2) is 5.82 Å². The smallest absolute Gasteiger partial charge is 0.243 e. The Kier molecular flexibility index (Phi) is 3.33. The molecule has 0 spiro atoms. The third-order valence-electron chi connectivity index (χ3n) is 3.65. The van der Waals surface area contributed by atoms with Gasteiger partial charge in [0.1, 0.15) is 0 Å². The molecular weight excluding hydrogens is 242 g/mol. The quantitative estimate of drug-likeness (QED) is 0.822. The zero-order chi connectivity index (χ0) is 13.2. The zero-order valence-corrected chi connectivity index (χ0v) is 11.4. The third-order valence-corrected chi connectivity index (χ3v) is 3.65. The Labute approximate surface area is 112 Å². The molecule has 102 valence electrons. The van der Waals surface area contributed by atoms with Crippen molar-refractivity contribution in [3.8, 4) is 0 Å². The summed E-state index contributed by atoms with van der Waals surface area (Å²) in [4.78, 5) is 6.78. The third kappa shape index (κ3) is 2.40. The molecule has 0 bridgehead atoms. The van der Waals surface area contributed by atoms with E-state index in [-0.39, 0.29) is 6.04 Å². The molecule has 2 aromatic heterocycles. The van der Waals surface area contributed by atoms with Crippen LogP contribution < -0.4 is 0 Å². The summed E-state index contributed by atoms with van der Waals surface area (Å²) in [6.07, 6.45) is 5.75. The van der Waals surface area contributed by atoms with E-state index in [1.54, 1.807) is 0 Å². The van der Waals surface area contributed by atoms with E-state index in [4.69, 9.17) is 4.52 Å². The predicted octanol–water partition coefficient (Wildman–Crippen LogP) is 1.84. The largest absolute Gasteiger partial charge is 0.338 e. The van der Waals surface area contributed by atoms with Gasteiger partial charge in [0.2, 0.25) is 5.89 Å². The average molecular weight is 261 g/mol. The molecule has 1 atom stereocenters. The van der Waals surface area contributed by atoms with Crippen LogP contribution in [0, 0.1) is 0 Å². The highest BCUT2D eigenvalue weighted by atomic mass is 16.5. The van der Waals surface area contributed by atoms with Crippen LogP contribution in [-0.2, 0) is 6.42 Å². The predicted molar refractivity (Wildman–Crippen MR) is 69.5 cm³/mol. The fourth-order valence-corrected chi connectivity index (χ4v) is 2.39. The van der Waals surface area contributed by atoms with E-state index in [0.717, 1.165) is 37.6 Å². The summed E-state index contributed by atoms with van der Waals surface area (Å²) in [6, 6.07) is 2.61. The van der Waals surface area contributed by atoms with E-state index in [0.29, 0.717) is 6.04 Å². The Morgan fingerprint density at radius 1 is 1.47 bits per heavy atom. The monoisotopic (exact) mass is 261 g/mol. The van der Waals surface area contributed by atoms with Gasteiger partial charge >= 0.3 is 0 Å². The molecule has 19 heavy (non-hydrogen) atoms. The van der Waals surface area contributed by atoms with Crippen LogP contribution in [0.2, 0.25) is 0 Å². The minimum Gasteiger partial charge on any atom is -0.338 e. The summed E-state index contributed by atoms with van der Waals surface area (Å²) >= 11 is 0. The van der Waals surface area contributed by atoms with Crippen LogP contribution in [0.15, 0.2) is 23.0 Å². The number of rotatable bonds is 5. The van der Waals surface area contributed by atoms with E-state index in [1.165, 1.54) is 0 Å². The second kappa shape index (κ2) is 5.13. The lowest BCUT2D eigenvalue weighted by Gasteiger charge is -2.41. The maximum atomic E-state index is 5.34. The van der Waals surface area contributed by atoms with Gasteiger partial charge in [-0.15, -0.1) is 0 Å². The van der Waals surface area contributed by atoms with E-state index < -0.39 is 0 Å². The molecule has 0 aromatic carbocycles. The van der Waals surface area contributed by atoms with Crippen LogP contribution in [0.4, 0.5) is 0 Å². The van der Waals surface area contributed by atoms with Gasteiger partial charge in [-0.05, 0) is 19.4 Å². The topological polar surface area (TPSA) is 60.0 Å². The van der Waals surface area contributed by atoms with Gasteiger partial charge in [0, 0.05) is 31.9 Å². The molecule has 0 N–H and O–H groups in total. The first-order valence-electron chi connectivity index (χ1n) is 6.83. The molecular formula is C13H19N5O. The first kappa shape index (κ1) is 12.3. The molecule has 6 heteroatoms. The highest BCUT2D eigenvalue weighted by molar-refractivity contribution is 4.98. The van der Waals surface area contributed by atoms with Crippen molar-refractivity contribution >= 4 is 0 Å². The molecule has 0 saturated carbocycles. The maximum Gasteiger partial charge on any atom is 0.243 e. The van der Waals surface area contributed by atoms with E-state index >= 15 is 0 Å². The molecule has 0 unspecified atom stereocenters. The zero-order valence-electron chi connectivity index (χ0n) is 11.4. The molecule has 3 rings (SSSR count). The SMILES string of the molecule is CCCc1noc([C@H](C)N2CC(n3cccn3)C2)n1. The molecule has 1 aliphatic heterocycles. The van der Waals surface area contributed by atoms with Gasteiger partial charge in [-0.2, -0.15) is 10.1 Å². The summed E-state index contributed by atoms with van der Waals surface area (Å²) < 4.78 is 7.35. The Balaban J connectivity index is 1.58. The molecule has 1 saturated heterocycles. The minimum absolute atomic E-state index is 0.185. The second-order valence-electron chi connectivity index (χ2n) is 5.07. The molecule has 0 radical (unpaired) electrons. The molecule has 1 aliphatic rings. The maximum absolute atomic E-state index is 5.34. The molecule has 6 nitrogen and oxygen atoms in total. The number of nitrogens with zero attached hydrogens (tertiary/aromatic N) is 5. The van der Waals surface area contributed by atoms with Crippen LogP contribution in [0.5, 0.6) is 0 Å². The fourth-order valence-electron chi connectivity index (χ4n) is 2.39. The number of likely N-dealkylation sites (tertiary alicyclic amines) is 1. The van der Waals surface area contributed by atoms with Crippen molar-refractivity contribution in [2.24, 2.45) is 0 Å². The van der Waals surface area contributed by atoms with Crippen molar-refractivity contribution in [2.45, 2.75) is 38.8 Å². The molecule has 0 amide bonds. The second-order valence-corrected chi connectivity index (χ2v) is 5.07. The number of hydrogen-bond acceptors (Lipinski definition) is 5. The van der Waals surface area contributed by atoms with Gasteiger partial charge in [0.25, 0.3) is 0 Å². The van der Waals surface area contributed by atoms with Gasteiger partial charge < -0.3 is 4.52 Å². The van der Waals surface area contributed by atoms with Gasteiger partial charge in [-0.25, -0.2) is 0 Å². The molecule has 3 heterocycles. The Hall–Kier alpha value is -1.69. The average Bonchev–Trinajstić information content (AvgIpc) is 2.98. The van der Waals surface area contributed by atoms with E-state index in [2.05, 4.69) is 34.0 Å². The van der Waals surface area contributed by atoms with Crippen molar-refractivity contribution in [3.05, 3.63) is 30.2 Å². The summed E-state index contributed by atoms with van der Waals surface area (Å²) in [7, 11) is 0.